The molecule has 0 heterocycles. The second-order valence-electron chi connectivity index (χ2n) is 4.19. The van der Waals surface area contributed by atoms with Gasteiger partial charge in [0.1, 0.15) is 5.82 Å². The Morgan fingerprint density at radius 1 is 0.952 bits per heavy atom. The first-order chi connectivity index (χ1) is 9.75. The minimum absolute atomic E-state index is 0.116. The van der Waals surface area contributed by atoms with E-state index in [1.807, 2.05) is 40.7 Å². The van der Waals surface area contributed by atoms with Crippen LogP contribution in [0.1, 0.15) is 52.7 Å². The van der Waals surface area contributed by atoms with Crippen molar-refractivity contribution in [1.82, 2.24) is 0 Å². The quantitative estimate of drug-likeness (QED) is 0.590. The van der Waals surface area contributed by atoms with Gasteiger partial charge in [-0.1, -0.05) is 53.0 Å². The molecule has 0 amide bonds. The fourth-order valence-electron chi connectivity index (χ4n) is 1.06. The van der Waals surface area contributed by atoms with Crippen LogP contribution in [0.25, 0.3) is 0 Å². The Bertz CT molecular complexity index is 429. The van der Waals surface area contributed by atoms with E-state index in [1.165, 1.54) is 6.07 Å². The van der Waals surface area contributed by atoms with Crippen LogP contribution < -0.4 is 0 Å². The zero-order valence-electron chi connectivity index (χ0n) is 15.0. The van der Waals surface area contributed by atoms with Crippen LogP contribution >= 0.6 is 0 Å². The lowest BCUT2D eigenvalue weighted by Gasteiger charge is -1.97. The lowest BCUT2D eigenvalue weighted by atomic mass is 10.1. The third kappa shape index (κ3) is 13.1. The van der Waals surface area contributed by atoms with E-state index < -0.39 is 0 Å². The first-order valence-electron chi connectivity index (χ1n) is 7.38. The van der Waals surface area contributed by atoms with E-state index in [1.54, 1.807) is 26.8 Å². The average molecular weight is 293 g/mol. The van der Waals surface area contributed by atoms with Crippen molar-refractivity contribution < 1.29 is 4.39 Å². The van der Waals surface area contributed by atoms with Gasteiger partial charge in [0, 0.05) is 0 Å². The molecule has 1 nitrogen and oxygen atoms in total. The highest BCUT2D eigenvalue weighted by Gasteiger charge is 1.94. The van der Waals surface area contributed by atoms with E-state index in [2.05, 4.69) is 13.2 Å². The molecule has 0 unspecified atom stereocenters. The summed E-state index contributed by atoms with van der Waals surface area (Å²) in [6.45, 7) is 22.4. The van der Waals surface area contributed by atoms with Gasteiger partial charge < -0.3 is 5.41 Å². The van der Waals surface area contributed by atoms with Crippen molar-refractivity contribution in [2.45, 2.75) is 55.4 Å². The van der Waals surface area contributed by atoms with Crippen molar-refractivity contribution >= 4 is 5.71 Å². The molecule has 21 heavy (non-hydrogen) atoms. The van der Waals surface area contributed by atoms with Crippen LogP contribution in [0.2, 0.25) is 0 Å². The summed E-state index contributed by atoms with van der Waals surface area (Å²) in [4.78, 5) is 0. The van der Waals surface area contributed by atoms with Gasteiger partial charge in [-0.3, -0.25) is 0 Å². The number of allylic oxidation sites excluding steroid dienone is 2. The van der Waals surface area contributed by atoms with Gasteiger partial charge in [-0.05, 0) is 56.0 Å². The third-order valence-electron chi connectivity index (χ3n) is 2.18. The second-order valence-corrected chi connectivity index (χ2v) is 4.19. The molecule has 120 valence electrons. The van der Waals surface area contributed by atoms with Crippen LogP contribution in [0, 0.1) is 25.1 Å². The average Bonchev–Trinajstić information content (AvgIpc) is 2.47. The molecule has 0 spiro atoms. The van der Waals surface area contributed by atoms with Gasteiger partial charge in [0.05, 0.1) is 5.71 Å². The smallest absolute Gasteiger partial charge is 0.126 e. The predicted molar refractivity (Wildman–Crippen MR) is 95.9 cm³/mol. The molecule has 2 heteroatoms. The summed E-state index contributed by atoms with van der Waals surface area (Å²) in [7, 11) is 0. The van der Waals surface area contributed by atoms with E-state index in [4.69, 9.17) is 5.41 Å². The Balaban J connectivity index is -0.000000251. The summed E-state index contributed by atoms with van der Waals surface area (Å²) < 4.78 is 12.6. The number of rotatable bonds is 2. The summed E-state index contributed by atoms with van der Waals surface area (Å²) in [6, 6.07) is 5.22. The van der Waals surface area contributed by atoms with Crippen LogP contribution in [0.3, 0.4) is 0 Å². The molecule has 1 rings (SSSR count). The first kappa shape index (κ1) is 24.3. The van der Waals surface area contributed by atoms with E-state index in [0.717, 1.165) is 16.7 Å². The van der Waals surface area contributed by atoms with Crippen LogP contribution in [0.15, 0.2) is 42.5 Å². The maximum Gasteiger partial charge on any atom is 0.126 e. The summed E-state index contributed by atoms with van der Waals surface area (Å²) in [6.07, 6.45) is 0. The Morgan fingerprint density at radius 3 is 1.52 bits per heavy atom. The lowest BCUT2D eigenvalue weighted by molar-refractivity contribution is 0.617. The van der Waals surface area contributed by atoms with Gasteiger partial charge in [0.25, 0.3) is 0 Å². The van der Waals surface area contributed by atoms with Gasteiger partial charge >= 0.3 is 0 Å². The van der Waals surface area contributed by atoms with E-state index >= 15 is 0 Å². The summed E-state index contributed by atoms with van der Waals surface area (Å²) in [5.41, 5.74) is 3.69. The highest BCUT2D eigenvalue weighted by Crippen LogP contribution is 2.06. The molecular weight excluding hydrogens is 261 g/mol. The first-order valence-corrected chi connectivity index (χ1v) is 7.38. The number of halogens is 1. The molecule has 0 aliphatic carbocycles. The molecule has 1 aromatic carbocycles. The van der Waals surface area contributed by atoms with Gasteiger partial charge in [-0.15, -0.1) is 0 Å². The standard InChI is InChI=1S/C8H9F.C7H11N.2C2H6/c1-6-3-4-7(2)8(9)5-6;1-5(2)7(8)6(3)4;2*1-2/h3-5H,1-2H3;8H,1,3H2,2,4H3;2*1-2H3. The normalized spacial score (nSPS) is 7.86. The zero-order chi connectivity index (χ0) is 17.6. The molecule has 0 atom stereocenters. The second kappa shape index (κ2) is 14.7. The molecule has 1 aromatic rings. The summed E-state index contributed by atoms with van der Waals surface area (Å²) in [5.74, 6) is -0.116. The molecule has 0 saturated carbocycles. The summed E-state index contributed by atoms with van der Waals surface area (Å²) >= 11 is 0. The van der Waals surface area contributed by atoms with Crippen molar-refractivity contribution in [3.8, 4) is 0 Å². The highest BCUT2D eigenvalue weighted by molar-refractivity contribution is 6.08. The molecule has 0 fully saturated rings. The van der Waals surface area contributed by atoms with Crippen LogP contribution in [-0.4, -0.2) is 5.71 Å². The number of aryl methyl sites for hydroxylation is 2. The number of hydrogen-bond acceptors (Lipinski definition) is 1. The van der Waals surface area contributed by atoms with Gasteiger partial charge in [0.15, 0.2) is 0 Å². The van der Waals surface area contributed by atoms with Crippen molar-refractivity contribution in [3.05, 3.63) is 59.4 Å². The molecule has 0 saturated heterocycles. The maximum absolute atomic E-state index is 12.6. The topological polar surface area (TPSA) is 23.9 Å². The van der Waals surface area contributed by atoms with Crippen molar-refractivity contribution in [2.75, 3.05) is 0 Å². The summed E-state index contributed by atoms with van der Waals surface area (Å²) in [5, 5.41) is 7.20. The molecular formula is C19H32FN. The third-order valence-corrected chi connectivity index (χ3v) is 2.18. The molecule has 0 radical (unpaired) electrons. The van der Waals surface area contributed by atoms with Gasteiger partial charge in [0.2, 0.25) is 0 Å². The largest absolute Gasteiger partial charge is 0.300 e. The molecule has 0 bridgehead atoms. The monoisotopic (exact) mass is 293 g/mol. The molecule has 1 N–H and O–H groups in total. The Morgan fingerprint density at radius 2 is 1.33 bits per heavy atom. The Kier molecular flexibility index (Phi) is 17.0. The lowest BCUT2D eigenvalue weighted by Crippen LogP contribution is -1.95. The molecule has 0 aliphatic rings. The number of hydrogen-bond donors (Lipinski definition) is 1. The van der Waals surface area contributed by atoms with Crippen LogP contribution in [0.4, 0.5) is 4.39 Å². The van der Waals surface area contributed by atoms with Crippen molar-refractivity contribution in [1.29, 1.82) is 5.41 Å². The van der Waals surface area contributed by atoms with Crippen LogP contribution in [-0.2, 0) is 0 Å². The van der Waals surface area contributed by atoms with Crippen molar-refractivity contribution in [3.63, 3.8) is 0 Å². The predicted octanol–water partition coefficient (Wildman–Crippen LogP) is 6.65. The van der Waals surface area contributed by atoms with Gasteiger partial charge in [-0.25, -0.2) is 4.39 Å². The Labute approximate surface area is 131 Å². The number of nitrogens with one attached hydrogen (secondary N) is 1. The van der Waals surface area contributed by atoms with E-state index in [0.29, 0.717) is 11.3 Å². The SMILES string of the molecule is C=C(C)C(=N)C(=C)C.CC.CC.Cc1ccc(C)c(F)c1. The van der Waals surface area contributed by atoms with Crippen molar-refractivity contribution in [2.24, 2.45) is 0 Å². The minimum Gasteiger partial charge on any atom is -0.300 e. The fourth-order valence-corrected chi connectivity index (χ4v) is 1.06. The number of benzene rings is 1. The Hall–Kier alpha value is -1.70. The van der Waals surface area contributed by atoms with E-state index in [-0.39, 0.29) is 5.82 Å². The highest BCUT2D eigenvalue weighted by atomic mass is 19.1. The van der Waals surface area contributed by atoms with Crippen LogP contribution in [0.5, 0.6) is 0 Å². The molecule has 0 aromatic heterocycles. The van der Waals surface area contributed by atoms with Gasteiger partial charge in [-0.2, -0.15) is 0 Å². The fraction of sp³-hybridized carbons (Fsp3) is 0.421. The zero-order valence-corrected chi connectivity index (χ0v) is 15.0. The van der Waals surface area contributed by atoms with E-state index in [9.17, 15) is 4.39 Å². The minimum atomic E-state index is -0.116. The molecule has 0 aliphatic heterocycles. The maximum atomic E-state index is 12.6.